The molecule has 2 aromatic carbocycles. The standard InChI is InChI=1S/C19H19ClN2O4/c1-25-16-10-15(17(26-2)9-14(16)20)22-19(24)12-5-3-4-11(8-12)18(23)21-13-6-7-13/h3-5,8-10,13H,6-7H2,1-2H3,(H,21,23)(H,22,24). The van der Waals surface area contributed by atoms with Crippen LogP contribution in [0.1, 0.15) is 33.6 Å². The van der Waals surface area contributed by atoms with Crippen LogP contribution in [0.3, 0.4) is 0 Å². The maximum Gasteiger partial charge on any atom is 0.255 e. The minimum atomic E-state index is -0.367. The number of carbonyl (C=O) groups is 2. The molecule has 1 aliphatic rings. The fraction of sp³-hybridized carbons (Fsp3) is 0.263. The Bertz CT molecular complexity index is 849. The molecule has 0 bridgehead atoms. The summed E-state index contributed by atoms with van der Waals surface area (Å²) in [5, 5.41) is 6.04. The normalized spacial score (nSPS) is 13.0. The zero-order valence-corrected chi connectivity index (χ0v) is 15.2. The van der Waals surface area contributed by atoms with Crippen molar-refractivity contribution >= 4 is 29.1 Å². The fourth-order valence-corrected chi connectivity index (χ4v) is 2.68. The number of nitrogens with one attached hydrogen (secondary N) is 2. The van der Waals surface area contributed by atoms with Gasteiger partial charge in [0.25, 0.3) is 11.8 Å². The quantitative estimate of drug-likeness (QED) is 0.811. The van der Waals surface area contributed by atoms with Gasteiger partial charge in [-0.1, -0.05) is 17.7 Å². The van der Waals surface area contributed by atoms with Gasteiger partial charge in [0, 0.05) is 29.3 Å². The summed E-state index contributed by atoms with van der Waals surface area (Å²) in [4.78, 5) is 24.8. The molecule has 6 nitrogen and oxygen atoms in total. The molecular weight excluding hydrogens is 356 g/mol. The van der Waals surface area contributed by atoms with Crippen LogP contribution in [0.15, 0.2) is 36.4 Å². The molecule has 2 aromatic rings. The van der Waals surface area contributed by atoms with Crippen LogP contribution in [-0.2, 0) is 0 Å². The summed E-state index contributed by atoms with van der Waals surface area (Å²) in [6, 6.07) is 9.97. The third kappa shape index (κ3) is 4.08. The molecule has 0 unspecified atom stereocenters. The summed E-state index contributed by atoms with van der Waals surface area (Å²) in [6.45, 7) is 0. The van der Waals surface area contributed by atoms with E-state index in [0.29, 0.717) is 33.3 Å². The Morgan fingerprint density at radius 1 is 1.00 bits per heavy atom. The SMILES string of the molecule is COc1cc(NC(=O)c2cccc(C(=O)NC3CC3)c2)c(OC)cc1Cl. The van der Waals surface area contributed by atoms with E-state index in [1.54, 1.807) is 36.4 Å². The molecule has 0 heterocycles. The molecule has 0 atom stereocenters. The first-order valence-electron chi connectivity index (χ1n) is 8.15. The molecule has 3 rings (SSSR count). The largest absolute Gasteiger partial charge is 0.495 e. The molecule has 2 N–H and O–H groups in total. The van der Waals surface area contributed by atoms with Crippen LogP contribution >= 0.6 is 11.6 Å². The van der Waals surface area contributed by atoms with E-state index in [-0.39, 0.29) is 17.9 Å². The van der Waals surface area contributed by atoms with E-state index >= 15 is 0 Å². The average molecular weight is 375 g/mol. The first-order chi connectivity index (χ1) is 12.5. The van der Waals surface area contributed by atoms with Crippen molar-refractivity contribution in [3.05, 3.63) is 52.5 Å². The van der Waals surface area contributed by atoms with Crippen LogP contribution in [0.2, 0.25) is 5.02 Å². The zero-order chi connectivity index (χ0) is 18.7. The number of ether oxygens (including phenoxy) is 2. The molecule has 0 saturated heterocycles. The number of anilines is 1. The highest BCUT2D eigenvalue weighted by molar-refractivity contribution is 6.32. The molecule has 0 aliphatic heterocycles. The number of amides is 2. The van der Waals surface area contributed by atoms with Crippen LogP contribution in [0.5, 0.6) is 11.5 Å². The lowest BCUT2D eigenvalue weighted by atomic mass is 10.1. The zero-order valence-electron chi connectivity index (χ0n) is 14.5. The molecule has 0 spiro atoms. The molecular formula is C19H19ClN2O4. The number of rotatable bonds is 6. The first-order valence-corrected chi connectivity index (χ1v) is 8.53. The second kappa shape index (κ2) is 7.66. The van der Waals surface area contributed by atoms with E-state index in [1.165, 1.54) is 14.2 Å². The number of hydrogen-bond acceptors (Lipinski definition) is 4. The Morgan fingerprint density at radius 2 is 1.65 bits per heavy atom. The van der Waals surface area contributed by atoms with E-state index < -0.39 is 0 Å². The van der Waals surface area contributed by atoms with Crippen LogP contribution in [0.25, 0.3) is 0 Å². The van der Waals surface area contributed by atoms with E-state index in [2.05, 4.69) is 10.6 Å². The maximum atomic E-state index is 12.6. The van der Waals surface area contributed by atoms with E-state index in [0.717, 1.165) is 12.8 Å². The lowest BCUT2D eigenvalue weighted by Crippen LogP contribution is -2.25. The minimum absolute atomic E-state index is 0.173. The Morgan fingerprint density at radius 3 is 2.27 bits per heavy atom. The van der Waals surface area contributed by atoms with Gasteiger partial charge in [0.15, 0.2) is 0 Å². The van der Waals surface area contributed by atoms with E-state index in [1.807, 2.05) is 0 Å². The molecule has 0 radical (unpaired) electrons. The molecule has 26 heavy (non-hydrogen) atoms. The van der Waals surface area contributed by atoms with Crippen LogP contribution < -0.4 is 20.1 Å². The van der Waals surface area contributed by atoms with Gasteiger partial charge in [-0.05, 0) is 31.0 Å². The van der Waals surface area contributed by atoms with Gasteiger partial charge in [-0.2, -0.15) is 0 Å². The second-order valence-corrected chi connectivity index (χ2v) is 6.38. The highest BCUT2D eigenvalue weighted by Gasteiger charge is 2.24. The lowest BCUT2D eigenvalue weighted by molar-refractivity contribution is 0.0951. The minimum Gasteiger partial charge on any atom is -0.495 e. The maximum absolute atomic E-state index is 12.6. The van der Waals surface area contributed by atoms with Gasteiger partial charge < -0.3 is 20.1 Å². The first kappa shape index (κ1) is 18.1. The number of halogens is 1. The number of hydrogen-bond donors (Lipinski definition) is 2. The van der Waals surface area contributed by atoms with Crippen LogP contribution in [0.4, 0.5) is 5.69 Å². The second-order valence-electron chi connectivity index (χ2n) is 5.97. The summed E-state index contributed by atoms with van der Waals surface area (Å²) in [5.41, 5.74) is 1.24. The Balaban J connectivity index is 1.80. The van der Waals surface area contributed by atoms with Crippen molar-refractivity contribution in [1.29, 1.82) is 0 Å². The third-order valence-corrected chi connectivity index (χ3v) is 4.32. The van der Waals surface area contributed by atoms with Gasteiger partial charge in [0.05, 0.1) is 24.9 Å². The van der Waals surface area contributed by atoms with Gasteiger partial charge in [0.2, 0.25) is 0 Å². The average Bonchev–Trinajstić information content (AvgIpc) is 3.46. The van der Waals surface area contributed by atoms with Gasteiger partial charge in [0.1, 0.15) is 11.5 Å². The van der Waals surface area contributed by atoms with Crippen molar-refractivity contribution in [1.82, 2.24) is 5.32 Å². The molecule has 1 saturated carbocycles. The van der Waals surface area contributed by atoms with Crippen molar-refractivity contribution in [2.24, 2.45) is 0 Å². The molecule has 0 aromatic heterocycles. The smallest absolute Gasteiger partial charge is 0.255 e. The van der Waals surface area contributed by atoms with Crippen molar-refractivity contribution in [3.63, 3.8) is 0 Å². The Labute approximate surface area is 156 Å². The molecule has 1 fully saturated rings. The fourth-order valence-electron chi connectivity index (χ4n) is 2.45. The molecule has 1 aliphatic carbocycles. The van der Waals surface area contributed by atoms with Gasteiger partial charge in [-0.25, -0.2) is 0 Å². The highest BCUT2D eigenvalue weighted by atomic mass is 35.5. The van der Waals surface area contributed by atoms with Gasteiger partial charge in [-0.15, -0.1) is 0 Å². The Kier molecular flexibility index (Phi) is 5.32. The van der Waals surface area contributed by atoms with Crippen molar-refractivity contribution < 1.29 is 19.1 Å². The van der Waals surface area contributed by atoms with Crippen molar-refractivity contribution in [3.8, 4) is 11.5 Å². The van der Waals surface area contributed by atoms with Crippen molar-refractivity contribution in [2.75, 3.05) is 19.5 Å². The molecule has 2 amide bonds. The monoisotopic (exact) mass is 374 g/mol. The number of methoxy groups -OCH3 is 2. The lowest BCUT2D eigenvalue weighted by Gasteiger charge is -2.13. The summed E-state index contributed by atoms with van der Waals surface area (Å²) in [6.07, 6.45) is 2.01. The summed E-state index contributed by atoms with van der Waals surface area (Å²) < 4.78 is 10.4. The topological polar surface area (TPSA) is 76.7 Å². The van der Waals surface area contributed by atoms with Crippen LogP contribution in [-0.4, -0.2) is 32.1 Å². The summed E-state index contributed by atoms with van der Waals surface area (Å²) >= 11 is 6.07. The number of carbonyl (C=O) groups excluding carboxylic acids is 2. The molecule has 136 valence electrons. The highest BCUT2D eigenvalue weighted by Crippen LogP contribution is 2.36. The van der Waals surface area contributed by atoms with Gasteiger partial charge in [-0.3, -0.25) is 9.59 Å². The van der Waals surface area contributed by atoms with E-state index in [4.69, 9.17) is 21.1 Å². The predicted octanol–water partition coefficient (Wildman–Crippen LogP) is 3.50. The van der Waals surface area contributed by atoms with E-state index in [9.17, 15) is 9.59 Å². The van der Waals surface area contributed by atoms with Crippen molar-refractivity contribution in [2.45, 2.75) is 18.9 Å². The predicted molar refractivity (Wildman–Crippen MR) is 99.4 cm³/mol. The number of benzene rings is 2. The summed E-state index contributed by atoms with van der Waals surface area (Å²) in [5.74, 6) is 0.286. The van der Waals surface area contributed by atoms with Crippen LogP contribution in [0, 0.1) is 0 Å². The van der Waals surface area contributed by atoms with Gasteiger partial charge >= 0.3 is 0 Å². The summed E-state index contributed by atoms with van der Waals surface area (Å²) in [7, 11) is 2.97. The third-order valence-electron chi connectivity index (χ3n) is 4.02. The Hall–Kier alpha value is -2.73. The molecule has 7 heteroatoms.